The molecule has 21 heavy (non-hydrogen) atoms. The van der Waals surface area contributed by atoms with Gasteiger partial charge in [0.1, 0.15) is 5.58 Å². The smallest absolute Gasteiger partial charge is 0.287 e. The summed E-state index contributed by atoms with van der Waals surface area (Å²) in [5.74, 6) is 0.272. The largest absolute Gasteiger partial charge is 0.451 e. The van der Waals surface area contributed by atoms with Gasteiger partial charge in [-0.2, -0.15) is 0 Å². The van der Waals surface area contributed by atoms with Crippen molar-refractivity contribution in [2.75, 3.05) is 13.1 Å². The Morgan fingerprint density at radius 1 is 1.29 bits per heavy atom. The SMILES string of the molecule is Cc1ccc2oc(C(=O)NC3(C)CCNCC3)cc2c1.Cl. The average molecular weight is 309 g/mol. The van der Waals surface area contributed by atoms with Crippen molar-refractivity contribution in [2.45, 2.75) is 32.2 Å². The minimum atomic E-state index is -0.142. The lowest BCUT2D eigenvalue weighted by atomic mass is 9.90. The van der Waals surface area contributed by atoms with Gasteiger partial charge in [-0.15, -0.1) is 12.4 Å². The number of nitrogens with one attached hydrogen (secondary N) is 2. The fraction of sp³-hybridized carbons (Fsp3) is 0.438. The predicted octanol–water partition coefficient (Wildman–Crippen LogP) is 3.03. The maximum atomic E-state index is 12.3. The molecule has 114 valence electrons. The number of piperidine rings is 1. The fourth-order valence-electron chi connectivity index (χ4n) is 2.71. The van der Waals surface area contributed by atoms with E-state index in [-0.39, 0.29) is 23.9 Å². The first-order valence-electron chi connectivity index (χ1n) is 7.09. The first kappa shape index (κ1) is 15.9. The third-order valence-corrected chi connectivity index (χ3v) is 4.02. The Balaban J connectivity index is 0.00000161. The monoisotopic (exact) mass is 308 g/mol. The number of hydrogen-bond donors (Lipinski definition) is 2. The van der Waals surface area contributed by atoms with Gasteiger partial charge in [-0.3, -0.25) is 4.79 Å². The van der Waals surface area contributed by atoms with Crippen LogP contribution in [0.3, 0.4) is 0 Å². The van der Waals surface area contributed by atoms with Gasteiger partial charge in [0.2, 0.25) is 0 Å². The van der Waals surface area contributed by atoms with Gasteiger partial charge in [-0.05, 0) is 58.0 Å². The number of benzene rings is 1. The number of aryl methyl sites for hydroxylation is 1. The number of halogens is 1. The molecule has 1 aromatic carbocycles. The minimum Gasteiger partial charge on any atom is -0.451 e. The second kappa shape index (κ2) is 6.08. The lowest BCUT2D eigenvalue weighted by molar-refractivity contribution is 0.0861. The summed E-state index contributed by atoms with van der Waals surface area (Å²) >= 11 is 0. The minimum absolute atomic E-state index is 0. The lowest BCUT2D eigenvalue weighted by Crippen LogP contribution is -2.52. The zero-order valence-corrected chi connectivity index (χ0v) is 13.2. The number of carbonyl (C=O) groups excluding carboxylic acids is 1. The van der Waals surface area contributed by atoms with Crippen LogP contribution in [0.4, 0.5) is 0 Å². The Hall–Kier alpha value is -1.52. The molecule has 1 aliphatic rings. The van der Waals surface area contributed by atoms with E-state index >= 15 is 0 Å². The zero-order valence-electron chi connectivity index (χ0n) is 12.4. The van der Waals surface area contributed by atoms with Gasteiger partial charge < -0.3 is 15.1 Å². The van der Waals surface area contributed by atoms with Crippen LogP contribution in [-0.4, -0.2) is 24.5 Å². The van der Waals surface area contributed by atoms with E-state index in [9.17, 15) is 4.79 Å². The number of hydrogen-bond acceptors (Lipinski definition) is 3. The van der Waals surface area contributed by atoms with E-state index in [1.807, 2.05) is 31.2 Å². The number of amides is 1. The van der Waals surface area contributed by atoms with Crippen LogP contribution in [0.15, 0.2) is 28.7 Å². The molecule has 0 bridgehead atoms. The molecule has 5 heteroatoms. The summed E-state index contributed by atoms with van der Waals surface area (Å²) in [6.45, 7) is 6.01. The standard InChI is InChI=1S/C16H20N2O2.ClH/c1-11-3-4-13-12(9-11)10-14(20-13)15(19)18-16(2)5-7-17-8-6-16;/h3-4,9-10,17H,5-8H2,1-2H3,(H,18,19);1H. The molecule has 1 amide bonds. The van der Waals surface area contributed by atoms with Gasteiger partial charge in [0.25, 0.3) is 5.91 Å². The van der Waals surface area contributed by atoms with Gasteiger partial charge in [-0.25, -0.2) is 0 Å². The molecule has 2 aromatic rings. The summed E-state index contributed by atoms with van der Waals surface area (Å²) in [6.07, 6.45) is 1.89. The van der Waals surface area contributed by atoms with Crippen molar-refractivity contribution in [3.63, 3.8) is 0 Å². The Bertz CT molecular complexity index is 645. The van der Waals surface area contributed by atoms with Crippen LogP contribution < -0.4 is 10.6 Å². The molecule has 0 atom stereocenters. The van der Waals surface area contributed by atoms with E-state index in [0.29, 0.717) is 5.76 Å². The van der Waals surface area contributed by atoms with Crippen LogP contribution in [0, 0.1) is 6.92 Å². The summed E-state index contributed by atoms with van der Waals surface area (Å²) in [5.41, 5.74) is 1.78. The predicted molar refractivity (Wildman–Crippen MR) is 86.2 cm³/mol. The summed E-state index contributed by atoms with van der Waals surface area (Å²) in [6, 6.07) is 7.75. The number of rotatable bonds is 2. The number of furan rings is 1. The average Bonchev–Trinajstić information content (AvgIpc) is 2.82. The number of carbonyl (C=O) groups is 1. The van der Waals surface area contributed by atoms with Crippen molar-refractivity contribution in [3.8, 4) is 0 Å². The molecule has 1 aromatic heterocycles. The molecule has 3 rings (SSSR count). The van der Waals surface area contributed by atoms with Crippen LogP contribution in [0.2, 0.25) is 0 Å². The van der Waals surface area contributed by atoms with E-state index in [4.69, 9.17) is 4.42 Å². The Labute approximate surface area is 130 Å². The summed E-state index contributed by atoms with van der Waals surface area (Å²) < 4.78 is 5.64. The van der Waals surface area contributed by atoms with Gasteiger partial charge in [0.15, 0.2) is 5.76 Å². The van der Waals surface area contributed by atoms with Crippen LogP contribution in [0.1, 0.15) is 35.9 Å². The lowest BCUT2D eigenvalue weighted by Gasteiger charge is -2.34. The molecule has 2 heterocycles. The van der Waals surface area contributed by atoms with Crippen LogP contribution >= 0.6 is 12.4 Å². The quantitative estimate of drug-likeness (QED) is 0.896. The van der Waals surface area contributed by atoms with Gasteiger partial charge >= 0.3 is 0 Å². The van der Waals surface area contributed by atoms with Crippen molar-refractivity contribution in [3.05, 3.63) is 35.6 Å². The molecule has 0 unspecified atom stereocenters. The van der Waals surface area contributed by atoms with Crippen LogP contribution in [-0.2, 0) is 0 Å². The molecule has 4 nitrogen and oxygen atoms in total. The van der Waals surface area contributed by atoms with E-state index in [1.165, 1.54) is 0 Å². The van der Waals surface area contributed by atoms with Crippen molar-refractivity contribution >= 4 is 29.3 Å². The second-order valence-corrected chi connectivity index (χ2v) is 5.92. The van der Waals surface area contributed by atoms with E-state index in [2.05, 4.69) is 17.6 Å². The highest BCUT2D eigenvalue weighted by Crippen LogP contribution is 2.22. The Morgan fingerprint density at radius 2 is 2.00 bits per heavy atom. The first-order chi connectivity index (χ1) is 9.56. The van der Waals surface area contributed by atoms with E-state index in [0.717, 1.165) is 42.5 Å². The Kier molecular flexibility index (Phi) is 4.59. The van der Waals surface area contributed by atoms with Gasteiger partial charge in [-0.1, -0.05) is 11.6 Å². The third-order valence-electron chi connectivity index (χ3n) is 4.02. The van der Waals surface area contributed by atoms with E-state index in [1.54, 1.807) is 0 Å². The van der Waals surface area contributed by atoms with Crippen molar-refractivity contribution in [2.24, 2.45) is 0 Å². The fourth-order valence-corrected chi connectivity index (χ4v) is 2.71. The molecule has 0 aliphatic carbocycles. The molecule has 0 spiro atoms. The van der Waals surface area contributed by atoms with Crippen molar-refractivity contribution in [1.82, 2.24) is 10.6 Å². The van der Waals surface area contributed by atoms with Gasteiger partial charge in [0, 0.05) is 10.9 Å². The van der Waals surface area contributed by atoms with Crippen molar-refractivity contribution < 1.29 is 9.21 Å². The summed E-state index contributed by atoms with van der Waals surface area (Å²) in [4.78, 5) is 12.3. The van der Waals surface area contributed by atoms with Crippen LogP contribution in [0.5, 0.6) is 0 Å². The summed E-state index contributed by atoms with van der Waals surface area (Å²) in [5, 5.41) is 7.40. The Morgan fingerprint density at radius 3 is 2.71 bits per heavy atom. The van der Waals surface area contributed by atoms with Gasteiger partial charge in [0.05, 0.1) is 0 Å². The summed E-state index contributed by atoms with van der Waals surface area (Å²) in [7, 11) is 0. The number of fused-ring (bicyclic) bond motifs is 1. The molecular formula is C16H21ClN2O2. The molecule has 0 radical (unpaired) electrons. The molecule has 1 saturated heterocycles. The third kappa shape index (κ3) is 3.39. The molecule has 2 N–H and O–H groups in total. The highest BCUT2D eigenvalue weighted by atomic mass is 35.5. The molecule has 1 fully saturated rings. The topological polar surface area (TPSA) is 54.3 Å². The maximum Gasteiger partial charge on any atom is 0.287 e. The maximum absolute atomic E-state index is 12.3. The zero-order chi connectivity index (χ0) is 14.2. The molecule has 1 aliphatic heterocycles. The normalized spacial score (nSPS) is 17.2. The first-order valence-corrected chi connectivity index (χ1v) is 7.09. The highest BCUT2D eigenvalue weighted by molar-refractivity contribution is 5.96. The van der Waals surface area contributed by atoms with E-state index < -0.39 is 0 Å². The second-order valence-electron chi connectivity index (χ2n) is 5.92. The van der Waals surface area contributed by atoms with Crippen LogP contribution in [0.25, 0.3) is 11.0 Å². The van der Waals surface area contributed by atoms with Crippen molar-refractivity contribution in [1.29, 1.82) is 0 Å². The highest BCUT2D eigenvalue weighted by Gasteiger charge is 2.29. The molecular weight excluding hydrogens is 288 g/mol. The molecule has 0 saturated carbocycles.